The molecule has 0 aliphatic rings. The van der Waals surface area contributed by atoms with Gasteiger partial charge in [-0.15, -0.1) is 0 Å². The number of nitro groups is 1. The van der Waals surface area contributed by atoms with Crippen molar-refractivity contribution in [2.45, 2.75) is 4.90 Å². The Hall–Kier alpha value is -2.89. The second-order valence-electron chi connectivity index (χ2n) is 4.53. The summed E-state index contributed by atoms with van der Waals surface area (Å²) in [4.78, 5) is 9.47. The van der Waals surface area contributed by atoms with Crippen LogP contribution < -0.4 is 5.32 Å². The molecule has 0 saturated heterocycles. The molecule has 7 nitrogen and oxygen atoms in total. The zero-order chi connectivity index (χ0) is 17.7. The molecule has 0 radical (unpaired) electrons. The fourth-order valence-electron chi connectivity index (χ4n) is 1.74. The minimum absolute atomic E-state index is 0.0646. The summed E-state index contributed by atoms with van der Waals surface area (Å²) in [7, 11) is -3.99. The molecule has 0 aliphatic heterocycles. The van der Waals surface area contributed by atoms with Gasteiger partial charge < -0.3 is 5.32 Å². The predicted octanol–water partition coefficient (Wildman–Crippen LogP) is 3.50. The lowest BCUT2D eigenvalue weighted by Crippen LogP contribution is -2.05. The van der Waals surface area contributed by atoms with Crippen LogP contribution in [0.25, 0.3) is 0 Å². The number of sulfone groups is 1. The summed E-state index contributed by atoms with van der Waals surface area (Å²) in [6.07, 6.45) is 1.03. The second-order valence-corrected chi connectivity index (χ2v) is 6.88. The number of hydrogen-bond acceptors (Lipinski definition) is 6. The number of nitrogens with one attached hydrogen (secondary N) is 1. The van der Waals surface area contributed by atoms with Gasteiger partial charge in [-0.1, -0.05) is 11.6 Å². The quantitative estimate of drug-likeness (QED) is 0.494. The molecule has 0 saturated carbocycles. The molecule has 0 amide bonds. The molecule has 24 heavy (non-hydrogen) atoms. The molecule has 2 aromatic rings. The summed E-state index contributed by atoms with van der Waals surface area (Å²) < 4.78 is 24.8. The van der Waals surface area contributed by atoms with Crippen molar-refractivity contribution in [3.8, 4) is 6.07 Å². The molecule has 9 heteroatoms. The third-order valence-electron chi connectivity index (χ3n) is 2.97. The van der Waals surface area contributed by atoms with Crippen LogP contribution in [0.1, 0.15) is 0 Å². The van der Waals surface area contributed by atoms with E-state index in [1.807, 2.05) is 0 Å². The highest BCUT2D eigenvalue weighted by molar-refractivity contribution is 7.95. The van der Waals surface area contributed by atoms with Crippen molar-refractivity contribution in [3.05, 3.63) is 74.8 Å². The number of rotatable bonds is 5. The van der Waals surface area contributed by atoms with Gasteiger partial charge in [-0.25, -0.2) is 8.42 Å². The van der Waals surface area contributed by atoms with E-state index in [9.17, 15) is 18.5 Å². The van der Waals surface area contributed by atoms with E-state index in [0.29, 0.717) is 10.7 Å². The maximum absolute atomic E-state index is 12.4. The standard InChI is InChI=1S/C15H10ClN3O4S/c16-11-1-7-14(8-2-11)24(22,23)15(9-17)10-18-12-3-5-13(6-4-12)19(20)21/h1-8,10,18H. The first-order valence-electron chi connectivity index (χ1n) is 6.46. The Bertz CT molecular complexity index is 930. The molecule has 0 atom stereocenters. The molecule has 2 rings (SSSR count). The number of halogens is 1. The van der Waals surface area contributed by atoms with E-state index in [-0.39, 0.29) is 10.6 Å². The van der Waals surface area contributed by atoms with Crippen LogP contribution in [0.2, 0.25) is 5.02 Å². The highest BCUT2D eigenvalue weighted by Crippen LogP contribution is 2.22. The van der Waals surface area contributed by atoms with Crippen LogP contribution in [0.5, 0.6) is 0 Å². The van der Waals surface area contributed by atoms with Gasteiger partial charge in [0.25, 0.3) is 5.69 Å². The minimum Gasteiger partial charge on any atom is -0.360 e. The maximum Gasteiger partial charge on any atom is 0.269 e. The third kappa shape index (κ3) is 3.90. The summed E-state index contributed by atoms with van der Waals surface area (Å²) in [6.45, 7) is 0. The lowest BCUT2D eigenvalue weighted by Gasteiger charge is -2.05. The molecular formula is C15H10ClN3O4S. The van der Waals surface area contributed by atoms with Crippen LogP contribution in [0, 0.1) is 21.4 Å². The Balaban J connectivity index is 2.27. The fraction of sp³-hybridized carbons (Fsp3) is 0. The molecule has 1 N–H and O–H groups in total. The Morgan fingerprint density at radius 2 is 1.75 bits per heavy atom. The number of anilines is 1. The summed E-state index contributed by atoms with van der Waals surface area (Å²) in [5, 5.41) is 22.7. The lowest BCUT2D eigenvalue weighted by atomic mass is 10.3. The van der Waals surface area contributed by atoms with E-state index in [1.54, 1.807) is 6.07 Å². The Labute approximate surface area is 142 Å². The summed E-state index contributed by atoms with van der Waals surface area (Å²) >= 11 is 5.72. The van der Waals surface area contributed by atoms with Crippen molar-refractivity contribution in [2.24, 2.45) is 0 Å². The van der Waals surface area contributed by atoms with Crippen LogP contribution in [-0.4, -0.2) is 13.3 Å². The number of nitrogens with zero attached hydrogens (tertiary/aromatic N) is 2. The highest BCUT2D eigenvalue weighted by Gasteiger charge is 2.20. The van der Waals surface area contributed by atoms with E-state index in [1.165, 1.54) is 48.5 Å². The zero-order valence-corrected chi connectivity index (χ0v) is 13.6. The SMILES string of the molecule is N#CC(=CNc1ccc([N+](=O)[O-])cc1)S(=O)(=O)c1ccc(Cl)cc1. The molecule has 0 aliphatic carbocycles. The molecule has 0 heterocycles. The van der Waals surface area contributed by atoms with Crippen molar-refractivity contribution in [2.75, 3.05) is 5.32 Å². The second kappa shape index (κ2) is 7.12. The number of nitro benzene ring substituents is 1. The average molecular weight is 364 g/mol. The first kappa shape index (κ1) is 17.5. The molecule has 0 fully saturated rings. The average Bonchev–Trinajstić information content (AvgIpc) is 2.56. The highest BCUT2D eigenvalue weighted by atomic mass is 35.5. The van der Waals surface area contributed by atoms with Crippen LogP contribution in [0.3, 0.4) is 0 Å². The number of non-ortho nitro benzene ring substituents is 1. The molecule has 0 spiro atoms. The zero-order valence-electron chi connectivity index (χ0n) is 12.0. The van der Waals surface area contributed by atoms with Crippen molar-refractivity contribution >= 4 is 32.8 Å². The topological polar surface area (TPSA) is 113 Å². The molecular weight excluding hydrogens is 354 g/mol. The maximum atomic E-state index is 12.4. The van der Waals surface area contributed by atoms with E-state index in [0.717, 1.165) is 6.20 Å². The summed E-state index contributed by atoms with van der Waals surface area (Å²) in [5.41, 5.74) is 0.304. The number of hydrogen-bond donors (Lipinski definition) is 1. The van der Waals surface area contributed by atoms with Crippen LogP contribution in [0.4, 0.5) is 11.4 Å². The van der Waals surface area contributed by atoms with Gasteiger partial charge in [-0.3, -0.25) is 10.1 Å². The van der Waals surface area contributed by atoms with Gasteiger partial charge in [0.15, 0.2) is 4.91 Å². The Morgan fingerprint density at radius 1 is 1.17 bits per heavy atom. The first-order chi connectivity index (χ1) is 11.3. The van der Waals surface area contributed by atoms with Gasteiger partial charge in [-0.2, -0.15) is 5.26 Å². The first-order valence-corrected chi connectivity index (χ1v) is 8.32. The van der Waals surface area contributed by atoms with Gasteiger partial charge >= 0.3 is 0 Å². The van der Waals surface area contributed by atoms with Gasteiger partial charge in [0, 0.05) is 29.0 Å². The summed E-state index contributed by atoms with van der Waals surface area (Å²) in [6, 6.07) is 12.4. The summed E-state index contributed by atoms with van der Waals surface area (Å²) in [5.74, 6) is 0. The number of allylic oxidation sites excluding steroid dienone is 1. The smallest absolute Gasteiger partial charge is 0.269 e. The molecule has 2 aromatic carbocycles. The van der Waals surface area contributed by atoms with E-state index in [2.05, 4.69) is 5.32 Å². The van der Waals surface area contributed by atoms with Gasteiger partial charge in [0.05, 0.1) is 9.82 Å². The number of benzene rings is 2. The van der Waals surface area contributed by atoms with Crippen molar-refractivity contribution in [1.82, 2.24) is 0 Å². The van der Waals surface area contributed by atoms with E-state index < -0.39 is 19.7 Å². The molecule has 0 aromatic heterocycles. The van der Waals surface area contributed by atoms with Crippen molar-refractivity contribution in [1.29, 1.82) is 5.26 Å². The third-order valence-corrected chi connectivity index (χ3v) is 4.90. The lowest BCUT2D eigenvalue weighted by molar-refractivity contribution is -0.384. The molecule has 122 valence electrons. The molecule has 0 unspecified atom stereocenters. The van der Waals surface area contributed by atoms with Crippen LogP contribution in [-0.2, 0) is 9.84 Å². The monoisotopic (exact) mass is 363 g/mol. The van der Waals surface area contributed by atoms with Crippen molar-refractivity contribution in [3.63, 3.8) is 0 Å². The van der Waals surface area contributed by atoms with E-state index in [4.69, 9.17) is 16.9 Å². The fourth-order valence-corrected chi connectivity index (χ4v) is 2.95. The van der Waals surface area contributed by atoms with Gasteiger partial charge in [-0.05, 0) is 36.4 Å². The normalized spacial score (nSPS) is 11.6. The Morgan fingerprint density at radius 3 is 2.25 bits per heavy atom. The minimum atomic E-state index is -3.99. The predicted molar refractivity (Wildman–Crippen MR) is 89.1 cm³/mol. The van der Waals surface area contributed by atoms with Crippen LogP contribution in [0.15, 0.2) is 64.5 Å². The van der Waals surface area contributed by atoms with Gasteiger partial charge in [0.2, 0.25) is 9.84 Å². The molecule has 0 bridgehead atoms. The van der Waals surface area contributed by atoms with E-state index >= 15 is 0 Å². The Kier molecular flexibility index (Phi) is 5.18. The largest absolute Gasteiger partial charge is 0.360 e. The van der Waals surface area contributed by atoms with Crippen LogP contribution >= 0.6 is 11.6 Å². The number of nitriles is 1. The van der Waals surface area contributed by atoms with Crippen molar-refractivity contribution < 1.29 is 13.3 Å². The van der Waals surface area contributed by atoms with Gasteiger partial charge in [0.1, 0.15) is 6.07 Å².